The Morgan fingerprint density at radius 2 is 2.12 bits per heavy atom. The van der Waals surface area contributed by atoms with Crippen molar-refractivity contribution in [2.75, 3.05) is 20.6 Å². The maximum absolute atomic E-state index is 11.8. The molecule has 84 valence electrons. The molecule has 0 aromatic rings. The highest BCUT2D eigenvalue weighted by molar-refractivity contribution is 6.16. The standard InChI is InChI=1S/C12H14N2O2/c1-14(2)6-5-8-7-13-9-3-4-10(15)12(16)11(8)9/h3-4,7,15H,5-6H2,1-2H3. The highest BCUT2D eigenvalue weighted by Crippen LogP contribution is 2.29. The number of aliphatic imine (C=N–C) groups is 1. The summed E-state index contributed by atoms with van der Waals surface area (Å²) in [5.41, 5.74) is 2.13. The Morgan fingerprint density at radius 3 is 2.81 bits per heavy atom. The molecule has 0 aromatic heterocycles. The fourth-order valence-corrected chi connectivity index (χ4v) is 1.72. The van der Waals surface area contributed by atoms with Gasteiger partial charge in [0.05, 0.1) is 11.3 Å². The summed E-state index contributed by atoms with van der Waals surface area (Å²) >= 11 is 0. The van der Waals surface area contributed by atoms with Crippen LogP contribution in [0.2, 0.25) is 0 Å². The molecule has 4 nitrogen and oxygen atoms in total. The highest BCUT2D eigenvalue weighted by atomic mass is 16.3. The molecule has 16 heavy (non-hydrogen) atoms. The molecule has 0 bridgehead atoms. The number of ketones is 1. The van der Waals surface area contributed by atoms with Crippen LogP contribution in [0, 0.1) is 0 Å². The molecule has 1 aliphatic carbocycles. The van der Waals surface area contributed by atoms with Crippen LogP contribution >= 0.6 is 0 Å². The minimum atomic E-state index is -0.316. The molecule has 0 aromatic carbocycles. The van der Waals surface area contributed by atoms with Crippen molar-refractivity contribution < 1.29 is 9.90 Å². The first-order valence-corrected chi connectivity index (χ1v) is 5.17. The lowest BCUT2D eigenvalue weighted by molar-refractivity contribution is -0.114. The van der Waals surface area contributed by atoms with E-state index in [1.807, 2.05) is 19.0 Å². The number of Topliss-reactive ketones (excluding diaryl/α,β-unsaturated/α-hetero) is 1. The molecule has 1 heterocycles. The van der Waals surface area contributed by atoms with E-state index >= 15 is 0 Å². The normalized spacial score (nSPS) is 19.1. The van der Waals surface area contributed by atoms with Crippen LogP contribution in [0.3, 0.4) is 0 Å². The molecule has 0 radical (unpaired) electrons. The first-order valence-electron chi connectivity index (χ1n) is 5.17. The molecular formula is C12H14N2O2. The first kappa shape index (κ1) is 10.8. The Labute approximate surface area is 94.3 Å². The molecule has 0 unspecified atom stereocenters. The average Bonchev–Trinajstić information content (AvgIpc) is 2.64. The van der Waals surface area contributed by atoms with Gasteiger partial charge in [0.1, 0.15) is 0 Å². The van der Waals surface area contributed by atoms with Crippen molar-refractivity contribution in [3.05, 3.63) is 34.8 Å². The van der Waals surface area contributed by atoms with E-state index in [1.54, 1.807) is 12.3 Å². The summed E-state index contributed by atoms with van der Waals surface area (Å²) < 4.78 is 0. The molecule has 2 rings (SSSR count). The minimum absolute atomic E-state index is 0.202. The third kappa shape index (κ3) is 1.84. The van der Waals surface area contributed by atoms with Gasteiger partial charge in [-0.1, -0.05) is 0 Å². The van der Waals surface area contributed by atoms with Crippen molar-refractivity contribution in [1.29, 1.82) is 0 Å². The second kappa shape index (κ2) is 4.06. The predicted molar refractivity (Wildman–Crippen MR) is 62.5 cm³/mol. The van der Waals surface area contributed by atoms with Crippen molar-refractivity contribution in [3.8, 4) is 0 Å². The van der Waals surface area contributed by atoms with Gasteiger partial charge in [-0.25, -0.2) is 0 Å². The van der Waals surface area contributed by atoms with Crippen molar-refractivity contribution in [2.45, 2.75) is 6.42 Å². The van der Waals surface area contributed by atoms with Gasteiger partial charge in [-0.2, -0.15) is 0 Å². The van der Waals surface area contributed by atoms with Crippen LogP contribution < -0.4 is 0 Å². The van der Waals surface area contributed by atoms with Gasteiger partial charge in [-0.15, -0.1) is 0 Å². The second-order valence-electron chi connectivity index (χ2n) is 4.14. The summed E-state index contributed by atoms with van der Waals surface area (Å²) in [4.78, 5) is 18.0. The molecule has 0 amide bonds. The number of nitrogens with zero attached hydrogens (tertiary/aromatic N) is 2. The number of hydrogen-bond acceptors (Lipinski definition) is 4. The van der Waals surface area contributed by atoms with Crippen LogP contribution in [0.15, 0.2) is 39.7 Å². The van der Waals surface area contributed by atoms with Gasteiger partial charge in [0.15, 0.2) is 5.76 Å². The molecule has 2 aliphatic rings. The summed E-state index contributed by atoms with van der Waals surface area (Å²) in [5.74, 6) is -0.518. The van der Waals surface area contributed by atoms with E-state index in [9.17, 15) is 9.90 Å². The predicted octanol–water partition coefficient (Wildman–Crippen LogP) is 1.23. The zero-order valence-electron chi connectivity index (χ0n) is 9.40. The SMILES string of the molecule is CN(C)CCC1=C2C(=O)C(O)=CC=C2N=C1. The Bertz CT molecular complexity index is 454. The monoisotopic (exact) mass is 218 g/mol. The van der Waals surface area contributed by atoms with E-state index in [1.165, 1.54) is 6.08 Å². The molecule has 0 fully saturated rings. The number of hydrogen-bond donors (Lipinski definition) is 1. The molecule has 0 spiro atoms. The average molecular weight is 218 g/mol. The molecule has 4 heteroatoms. The summed E-state index contributed by atoms with van der Waals surface area (Å²) in [6, 6.07) is 0. The summed E-state index contributed by atoms with van der Waals surface area (Å²) in [6.45, 7) is 0.857. The summed E-state index contributed by atoms with van der Waals surface area (Å²) in [7, 11) is 3.96. The van der Waals surface area contributed by atoms with E-state index in [4.69, 9.17) is 0 Å². The van der Waals surface area contributed by atoms with Gasteiger partial charge < -0.3 is 10.0 Å². The van der Waals surface area contributed by atoms with Crippen LogP contribution in [0.25, 0.3) is 0 Å². The van der Waals surface area contributed by atoms with Gasteiger partial charge in [0.25, 0.3) is 0 Å². The Balaban J connectivity index is 2.26. The number of aliphatic hydroxyl groups excluding tert-OH is 1. The van der Waals surface area contributed by atoms with Gasteiger partial charge in [0, 0.05) is 12.8 Å². The number of rotatable bonds is 3. The Morgan fingerprint density at radius 1 is 1.38 bits per heavy atom. The number of carbonyl (C=O) groups is 1. The van der Waals surface area contributed by atoms with Gasteiger partial charge in [0.2, 0.25) is 5.78 Å². The zero-order chi connectivity index (χ0) is 11.7. The smallest absolute Gasteiger partial charge is 0.229 e. The first-order chi connectivity index (χ1) is 7.59. The number of carbonyl (C=O) groups excluding carboxylic acids is 1. The van der Waals surface area contributed by atoms with Crippen molar-refractivity contribution in [2.24, 2.45) is 4.99 Å². The maximum Gasteiger partial charge on any atom is 0.229 e. The van der Waals surface area contributed by atoms with Crippen LogP contribution in [0.4, 0.5) is 0 Å². The zero-order valence-corrected chi connectivity index (χ0v) is 9.40. The van der Waals surface area contributed by atoms with E-state index in [2.05, 4.69) is 4.99 Å². The van der Waals surface area contributed by atoms with Crippen LogP contribution in [-0.4, -0.2) is 42.6 Å². The summed E-state index contributed by atoms with van der Waals surface area (Å²) in [5, 5.41) is 9.39. The minimum Gasteiger partial charge on any atom is -0.504 e. The largest absolute Gasteiger partial charge is 0.504 e. The molecule has 0 saturated heterocycles. The van der Waals surface area contributed by atoms with E-state index < -0.39 is 0 Å². The second-order valence-corrected chi connectivity index (χ2v) is 4.14. The van der Waals surface area contributed by atoms with Gasteiger partial charge in [-0.05, 0) is 38.2 Å². The molecule has 0 atom stereocenters. The summed E-state index contributed by atoms with van der Waals surface area (Å²) in [6.07, 6.45) is 5.55. The maximum atomic E-state index is 11.8. The van der Waals surface area contributed by atoms with Crippen LogP contribution in [0.5, 0.6) is 0 Å². The quantitative estimate of drug-likeness (QED) is 0.775. The fourth-order valence-electron chi connectivity index (χ4n) is 1.72. The van der Waals surface area contributed by atoms with Crippen molar-refractivity contribution >= 4 is 12.0 Å². The number of aliphatic hydroxyl groups is 1. The third-order valence-electron chi connectivity index (χ3n) is 2.62. The lowest BCUT2D eigenvalue weighted by atomic mass is 9.97. The van der Waals surface area contributed by atoms with Gasteiger partial charge >= 0.3 is 0 Å². The lowest BCUT2D eigenvalue weighted by Gasteiger charge is -2.12. The number of allylic oxidation sites excluding steroid dienone is 4. The van der Waals surface area contributed by atoms with Gasteiger partial charge in [-0.3, -0.25) is 9.79 Å². The van der Waals surface area contributed by atoms with Crippen molar-refractivity contribution in [3.63, 3.8) is 0 Å². The van der Waals surface area contributed by atoms with E-state index in [0.29, 0.717) is 11.3 Å². The van der Waals surface area contributed by atoms with Crippen LogP contribution in [-0.2, 0) is 4.79 Å². The van der Waals surface area contributed by atoms with Crippen LogP contribution in [0.1, 0.15) is 6.42 Å². The van der Waals surface area contributed by atoms with E-state index in [0.717, 1.165) is 18.5 Å². The lowest BCUT2D eigenvalue weighted by Crippen LogP contribution is -2.16. The Kier molecular flexibility index (Phi) is 2.75. The fraction of sp³-hybridized carbons (Fsp3) is 0.333. The molecule has 0 saturated carbocycles. The van der Waals surface area contributed by atoms with Crippen molar-refractivity contribution in [1.82, 2.24) is 4.90 Å². The Hall–Kier alpha value is -1.68. The van der Waals surface area contributed by atoms with E-state index in [-0.39, 0.29) is 11.5 Å². The topological polar surface area (TPSA) is 52.9 Å². The molecular weight excluding hydrogens is 204 g/mol. The number of fused-ring (bicyclic) bond motifs is 1. The highest BCUT2D eigenvalue weighted by Gasteiger charge is 2.27. The molecule has 1 aliphatic heterocycles. The molecule has 1 N–H and O–H groups in total. The third-order valence-corrected chi connectivity index (χ3v) is 2.62.